The number of H-pyrrole nitrogens is 1. The minimum atomic E-state index is -1.05. The fourth-order valence-corrected chi connectivity index (χ4v) is 2.16. The van der Waals surface area contributed by atoms with Gasteiger partial charge in [-0.25, -0.2) is 14.6 Å². The van der Waals surface area contributed by atoms with Crippen molar-refractivity contribution in [2.45, 2.75) is 38.8 Å². The number of rotatable bonds is 6. The Morgan fingerprint density at radius 1 is 1.08 bits per heavy atom. The third-order valence-electron chi connectivity index (χ3n) is 3.15. The predicted octanol–water partition coefficient (Wildman–Crippen LogP) is 1.27. The Morgan fingerprint density at radius 2 is 1.68 bits per heavy atom. The van der Waals surface area contributed by atoms with Crippen LogP contribution in [0.25, 0.3) is 0 Å². The molecule has 2 aromatic rings. The Balaban J connectivity index is 0.000000251. The van der Waals surface area contributed by atoms with Crippen LogP contribution in [-0.4, -0.2) is 44.2 Å². The second kappa shape index (κ2) is 9.55. The first kappa shape index (κ1) is 20.3. The number of nitrogens with zero attached hydrogens (tertiary/aromatic N) is 1. The number of imidazole rings is 1. The van der Waals surface area contributed by atoms with Gasteiger partial charge in [0.25, 0.3) is 0 Å². The molecule has 2 rings (SSSR count). The van der Waals surface area contributed by atoms with Gasteiger partial charge in [-0.05, 0) is 31.9 Å². The smallest absolute Gasteiger partial charge is 0.371 e. The monoisotopic (exact) mass is 348 g/mol. The number of hydrogen-bond donors (Lipinski definition) is 5. The summed E-state index contributed by atoms with van der Waals surface area (Å²) < 4.78 is 0. The third kappa shape index (κ3) is 7.15. The Bertz CT molecular complexity index is 710. The van der Waals surface area contributed by atoms with Gasteiger partial charge in [-0.3, -0.25) is 0 Å². The number of carboxylic acids is 2. The number of aromatic carboxylic acids is 2. The van der Waals surface area contributed by atoms with Gasteiger partial charge in [0.15, 0.2) is 0 Å². The van der Waals surface area contributed by atoms with Gasteiger partial charge in [-0.1, -0.05) is 18.2 Å². The topological polar surface area (TPSA) is 155 Å². The van der Waals surface area contributed by atoms with Gasteiger partial charge in [-0.2, -0.15) is 0 Å². The highest BCUT2D eigenvalue weighted by Gasteiger charge is 2.10. The molecule has 0 bridgehead atoms. The van der Waals surface area contributed by atoms with Gasteiger partial charge >= 0.3 is 11.9 Å². The van der Waals surface area contributed by atoms with Crippen LogP contribution >= 0.6 is 0 Å². The zero-order chi connectivity index (χ0) is 19.0. The summed E-state index contributed by atoms with van der Waals surface area (Å²) in [6, 6.07) is 6.92. The minimum Gasteiger partial charge on any atom is -0.478 e. The summed E-state index contributed by atoms with van der Waals surface area (Å²) in [7, 11) is 0. The number of aromatic amines is 1. The number of carbonyl (C=O) groups is 2. The maximum atomic E-state index is 10.8. The van der Waals surface area contributed by atoms with Crippen LogP contribution in [0.15, 0.2) is 30.5 Å². The molecule has 0 fully saturated rings. The van der Waals surface area contributed by atoms with Crippen LogP contribution in [0.5, 0.6) is 0 Å². The summed E-state index contributed by atoms with van der Waals surface area (Å²) >= 11 is 0. The van der Waals surface area contributed by atoms with E-state index in [0.29, 0.717) is 24.1 Å². The van der Waals surface area contributed by atoms with Gasteiger partial charge in [0, 0.05) is 24.7 Å². The molecule has 7 N–H and O–H groups in total. The molecule has 2 atom stereocenters. The third-order valence-corrected chi connectivity index (χ3v) is 3.15. The molecular formula is C17H24N4O4. The first-order chi connectivity index (χ1) is 11.7. The van der Waals surface area contributed by atoms with Gasteiger partial charge in [0.05, 0.1) is 11.3 Å². The van der Waals surface area contributed by atoms with Crippen molar-refractivity contribution in [3.8, 4) is 0 Å². The van der Waals surface area contributed by atoms with Crippen molar-refractivity contribution < 1.29 is 19.8 Å². The largest absolute Gasteiger partial charge is 0.478 e. The van der Waals surface area contributed by atoms with E-state index >= 15 is 0 Å². The lowest BCUT2D eigenvalue weighted by molar-refractivity contribution is 0.0678. The molecule has 8 nitrogen and oxygen atoms in total. The first-order valence-corrected chi connectivity index (χ1v) is 7.80. The van der Waals surface area contributed by atoms with Crippen LogP contribution in [0.1, 0.15) is 46.1 Å². The van der Waals surface area contributed by atoms with Crippen LogP contribution in [0, 0.1) is 0 Å². The molecule has 0 unspecified atom stereocenters. The van der Waals surface area contributed by atoms with E-state index in [1.165, 1.54) is 0 Å². The van der Waals surface area contributed by atoms with E-state index in [4.69, 9.17) is 21.7 Å². The molecule has 0 aliphatic heterocycles. The molecule has 0 radical (unpaired) electrons. The highest BCUT2D eigenvalue weighted by atomic mass is 16.4. The van der Waals surface area contributed by atoms with Crippen molar-refractivity contribution in [1.82, 2.24) is 9.97 Å². The first-order valence-electron chi connectivity index (χ1n) is 7.80. The molecule has 0 amide bonds. The van der Waals surface area contributed by atoms with E-state index in [1.54, 1.807) is 24.4 Å². The summed E-state index contributed by atoms with van der Waals surface area (Å²) in [5.74, 6) is -1.98. The lowest BCUT2D eigenvalue weighted by Gasteiger charge is -2.07. The normalized spacial score (nSPS) is 12.6. The number of aromatic nitrogens is 2. The van der Waals surface area contributed by atoms with Crippen molar-refractivity contribution in [2.75, 3.05) is 0 Å². The summed E-state index contributed by atoms with van der Waals surface area (Å²) in [5, 5.41) is 17.3. The second-order valence-electron chi connectivity index (χ2n) is 5.87. The SMILES string of the molecule is C[C@@H](N)Cc1c[nH]c(C(=O)O)n1.C[C@@H](N)Cc1ccccc1C(=O)O. The van der Waals surface area contributed by atoms with E-state index < -0.39 is 11.9 Å². The van der Waals surface area contributed by atoms with Crippen LogP contribution in [0.2, 0.25) is 0 Å². The minimum absolute atomic E-state index is 0.00468. The molecule has 0 saturated heterocycles. The lowest BCUT2D eigenvalue weighted by Crippen LogP contribution is -2.19. The van der Waals surface area contributed by atoms with Crippen molar-refractivity contribution in [2.24, 2.45) is 11.5 Å². The summed E-state index contributed by atoms with van der Waals surface area (Å²) in [4.78, 5) is 27.5. The lowest BCUT2D eigenvalue weighted by atomic mass is 10.0. The maximum Gasteiger partial charge on any atom is 0.371 e. The van der Waals surface area contributed by atoms with Crippen molar-refractivity contribution in [3.63, 3.8) is 0 Å². The van der Waals surface area contributed by atoms with E-state index in [1.807, 2.05) is 19.9 Å². The molecule has 0 saturated carbocycles. The van der Waals surface area contributed by atoms with Gasteiger partial charge in [-0.15, -0.1) is 0 Å². The number of benzene rings is 1. The molecular weight excluding hydrogens is 324 g/mol. The summed E-state index contributed by atoms with van der Waals surface area (Å²) in [5.41, 5.74) is 12.9. The number of hydrogen-bond acceptors (Lipinski definition) is 5. The molecule has 1 heterocycles. The fourth-order valence-electron chi connectivity index (χ4n) is 2.16. The Morgan fingerprint density at radius 3 is 2.16 bits per heavy atom. The van der Waals surface area contributed by atoms with Gasteiger partial charge in [0.2, 0.25) is 5.82 Å². The zero-order valence-corrected chi connectivity index (χ0v) is 14.3. The van der Waals surface area contributed by atoms with E-state index in [9.17, 15) is 9.59 Å². The maximum absolute atomic E-state index is 10.8. The molecule has 0 spiro atoms. The molecule has 0 aliphatic rings. The zero-order valence-electron chi connectivity index (χ0n) is 14.3. The molecule has 136 valence electrons. The molecule has 0 aliphatic carbocycles. The van der Waals surface area contributed by atoms with E-state index in [-0.39, 0.29) is 17.9 Å². The van der Waals surface area contributed by atoms with Gasteiger partial charge < -0.3 is 26.7 Å². The average molecular weight is 348 g/mol. The van der Waals surface area contributed by atoms with Gasteiger partial charge in [0.1, 0.15) is 0 Å². The number of nitrogens with one attached hydrogen (secondary N) is 1. The average Bonchev–Trinajstić information content (AvgIpc) is 2.95. The number of nitrogens with two attached hydrogens (primary N) is 2. The van der Waals surface area contributed by atoms with Crippen LogP contribution in [-0.2, 0) is 12.8 Å². The molecule has 1 aromatic heterocycles. The van der Waals surface area contributed by atoms with Crippen LogP contribution in [0.4, 0.5) is 0 Å². The Hall–Kier alpha value is -2.71. The standard InChI is InChI=1S/C10H13NO2.C7H11N3O2/c1-7(11)6-8-4-2-3-5-9(8)10(12)13;1-4(8)2-5-3-9-6(10-5)7(11)12/h2-5,7H,6,11H2,1H3,(H,12,13);3-4H,2,8H2,1H3,(H,9,10)(H,11,12)/t7-;4-/m11/s1. The summed E-state index contributed by atoms with van der Waals surface area (Å²) in [6.45, 7) is 3.70. The number of carboxylic acid groups (broad SMARTS) is 2. The highest BCUT2D eigenvalue weighted by molar-refractivity contribution is 5.89. The molecule has 8 heteroatoms. The van der Waals surface area contributed by atoms with E-state index in [0.717, 1.165) is 5.56 Å². The van der Waals surface area contributed by atoms with E-state index in [2.05, 4.69) is 9.97 Å². The Kier molecular flexibility index (Phi) is 7.77. The quantitative estimate of drug-likeness (QED) is 0.526. The highest BCUT2D eigenvalue weighted by Crippen LogP contribution is 2.10. The van der Waals surface area contributed by atoms with Crippen molar-refractivity contribution in [1.29, 1.82) is 0 Å². The Labute approximate surface area is 145 Å². The van der Waals surface area contributed by atoms with Crippen molar-refractivity contribution in [3.05, 3.63) is 53.1 Å². The predicted molar refractivity (Wildman–Crippen MR) is 93.7 cm³/mol. The fraction of sp³-hybridized carbons (Fsp3) is 0.353. The molecule has 25 heavy (non-hydrogen) atoms. The van der Waals surface area contributed by atoms with Crippen LogP contribution in [0.3, 0.4) is 0 Å². The summed E-state index contributed by atoms with van der Waals surface area (Å²) in [6.07, 6.45) is 2.75. The van der Waals surface area contributed by atoms with Crippen molar-refractivity contribution >= 4 is 11.9 Å². The second-order valence-corrected chi connectivity index (χ2v) is 5.87. The molecule has 1 aromatic carbocycles. The van der Waals surface area contributed by atoms with Crippen LogP contribution < -0.4 is 11.5 Å².